The van der Waals surface area contributed by atoms with Crippen molar-refractivity contribution in [2.45, 2.75) is 11.8 Å². The molecule has 0 unspecified atom stereocenters. The third kappa shape index (κ3) is 4.72. The standard InChI is InChI=1S/C14H12INO3S2/c1-8-4-9(15)2-3-11(8)16-13(17)7-20-10-5-12(14(18)19)21-6-10/h2-6H,7H2,1H3,(H,16,17)(H,18,19). The minimum absolute atomic E-state index is 0.104. The molecular formula is C14H12INO3S2. The van der Waals surface area contributed by atoms with Gasteiger partial charge in [0, 0.05) is 19.5 Å². The molecule has 0 atom stereocenters. The number of rotatable bonds is 5. The van der Waals surface area contributed by atoms with Crippen LogP contribution < -0.4 is 5.32 Å². The summed E-state index contributed by atoms with van der Waals surface area (Å²) in [4.78, 5) is 23.8. The molecule has 0 aliphatic carbocycles. The molecule has 0 bridgehead atoms. The lowest BCUT2D eigenvalue weighted by molar-refractivity contribution is -0.113. The van der Waals surface area contributed by atoms with Gasteiger partial charge in [-0.3, -0.25) is 4.79 Å². The summed E-state index contributed by atoms with van der Waals surface area (Å²) in [5, 5.41) is 13.5. The van der Waals surface area contributed by atoms with E-state index in [-0.39, 0.29) is 16.5 Å². The normalized spacial score (nSPS) is 10.4. The van der Waals surface area contributed by atoms with Crippen LogP contribution in [0.15, 0.2) is 34.5 Å². The number of anilines is 1. The second kappa shape index (κ2) is 7.28. The second-order valence-electron chi connectivity index (χ2n) is 4.25. The number of benzene rings is 1. The fourth-order valence-electron chi connectivity index (χ4n) is 1.61. The maximum Gasteiger partial charge on any atom is 0.345 e. The number of hydrogen-bond donors (Lipinski definition) is 2. The number of aryl methyl sites for hydroxylation is 1. The van der Waals surface area contributed by atoms with E-state index >= 15 is 0 Å². The van der Waals surface area contributed by atoms with Crippen LogP contribution in [0.1, 0.15) is 15.2 Å². The van der Waals surface area contributed by atoms with Gasteiger partial charge in [0.05, 0.1) is 5.75 Å². The molecule has 1 aromatic heterocycles. The van der Waals surface area contributed by atoms with Gasteiger partial charge in [0.1, 0.15) is 4.88 Å². The molecule has 1 aromatic carbocycles. The molecule has 21 heavy (non-hydrogen) atoms. The number of carbonyl (C=O) groups excluding carboxylic acids is 1. The van der Waals surface area contributed by atoms with Crippen molar-refractivity contribution in [2.24, 2.45) is 0 Å². The van der Waals surface area contributed by atoms with Gasteiger partial charge in [-0.2, -0.15) is 0 Å². The Morgan fingerprint density at radius 2 is 2.14 bits per heavy atom. The number of thioether (sulfide) groups is 1. The number of carboxylic acid groups (broad SMARTS) is 1. The van der Waals surface area contributed by atoms with Gasteiger partial charge in [0.2, 0.25) is 5.91 Å². The second-order valence-corrected chi connectivity index (χ2v) is 7.45. The Balaban J connectivity index is 1.91. The van der Waals surface area contributed by atoms with Crippen molar-refractivity contribution in [2.75, 3.05) is 11.1 Å². The van der Waals surface area contributed by atoms with Gasteiger partial charge >= 0.3 is 5.97 Å². The summed E-state index contributed by atoms with van der Waals surface area (Å²) in [6, 6.07) is 7.41. The number of thiophene rings is 1. The maximum atomic E-state index is 11.9. The molecule has 0 radical (unpaired) electrons. The van der Waals surface area contributed by atoms with E-state index in [4.69, 9.17) is 5.11 Å². The Morgan fingerprint density at radius 3 is 2.76 bits per heavy atom. The highest BCUT2D eigenvalue weighted by Crippen LogP contribution is 2.25. The van der Waals surface area contributed by atoms with Gasteiger partial charge in [0.25, 0.3) is 0 Å². The van der Waals surface area contributed by atoms with Crippen LogP contribution >= 0.6 is 45.7 Å². The Morgan fingerprint density at radius 1 is 1.38 bits per heavy atom. The summed E-state index contributed by atoms with van der Waals surface area (Å²) in [5.41, 5.74) is 1.82. The fourth-order valence-corrected chi connectivity index (χ4v) is 3.93. The molecule has 0 aliphatic heterocycles. The summed E-state index contributed by atoms with van der Waals surface area (Å²) in [6.07, 6.45) is 0. The first kappa shape index (κ1) is 16.3. The van der Waals surface area contributed by atoms with E-state index < -0.39 is 5.97 Å². The third-order valence-electron chi connectivity index (χ3n) is 2.62. The van der Waals surface area contributed by atoms with Gasteiger partial charge < -0.3 is 10.4 Å². The van der Waals surface area contributed by atoms with Gasteiger partial charge in [-0.15, -0.1) is 23.1 Å². The number of nitrogens with one attached hydrogen (secondary N) is 1. The van der Waals surface area contributed by atoms with Crippen molar-refractivity contribution in [3.8, 4) is 0 Å². The zero-order chi connectivity index (χ0) is 15.4. The molecule has 1 heterocycles. The average Bonchev–Trinajstić information content (AvgIpc) is 2.89. The van der Waals surface area contributed by atoms with Crippen LogP contribution in [0.3, 0.4) is 0 Å². The first-order chi connectivity index (χ1) is 9.95. The molecule has 0 aliphatic rings. The molecule has 4 nitrogen and oxygen atoms in total. The van der Waals surface area contributed by atoms with Crippen molar-refractivity contribution in [1.82, 2.24) is 0 Å². The van der Waals surface area contributed by atoms with E-state index in [1.807, 2.05) is 25.1 Å². The molecule has 2 rings (SSSR count). The highest BCUT2D eigenvalue weighted by Gasteiger charge is 2.10. The van der Waals surface area contributed by atoms with E-state index in [0.29, 0.717) is 0 Å². The third-order valence-corrected chi connectivity index (χ3v) is 5.33. The first-order valence-corrected chi connectivity index (χ1v) is 8.91. The topological polar surface area (TPSA) is 66.4 Å². The maximum absolute atomic E-state index is 11.9. The number of halogens is 1. The zero-order valence-electron chi connectivity index (χ0n) is 11.1. The molecule has 7 heteroatoms. The van der Waals surface area contributed by atoms with Crippen LogP contribution in [0.2, 0.25) is 0 Å². The minimum Gasteiger partial charge on any atom is -0.477 e. The van der Waals surface area contributed by atoms with Gasteiger partial charge in [-0.05, 0) is 59.3 Å². The van der Waals surface area contributed by atoms with Crippen molar-refractivity contribution in [3.05, 3.63) is 43.7 Å². The Kier molecular flexibility index (Phi) is 5.65. The zero-order valence-corrected chi connectivity index (χ0v) is 14.8. The SMILES string of the molecule is Cc1cc(I)ccc1NC(=O)CSc1csc(C(=O)O)c1. The van der Waals surface area contributed by atoms with Crippen molar-refractivity contribution < 1.29 is 14.7 Å². The van der Waals surface area contributed by atoms with Crippen LogP contribution in [-0.4, -0.2) is 22.7 Å². The number of carboxylic acids is 1. The molecule has 0 saturated heterocycles. The van der Waals surface area contributed by atoms with E-state index in [1.165, 1.54) is 11.8 Å². The Hall–Kier alpha value is -1.06. The first-order valence-electron chi connectivity index (χ1n) is 5.96. The van der Waals surface area contributed by atoms with Crippen molar-refractivity contribution >= 4 is 63.3 Å². The van der Waals surface area contributed by atoms with E-state index in [0.717, 1.165) is 31.1 Å². The molecule has 0 fully saturated rings. The van der Waals surface area contributed by atoms with E-state index in [9.17, 15) is 9.59 Å². The summed E-state index contributed by atoms with van der Waals surface area (Å²) in [5.74, 6) is -0.792. The lowest BCUT2D eigenvalue weighted by atomic mass is 10.2. The van der Waals surface area contributed by atoms with Crippen LogP contribution in [0.5, 0.6) is 0 Å². The minimum atomic E-state index is -0.939. The molecule has 0 spiro atoms. The summed E-state index contributed by atoms with van der Waals surface area (Å²) < 4.78 is 1.12. The Labute approximate surface area is 144 Å². The molecular weight excluding hydrogens is 421 g/mol. The lowest BCUT2D eigenvalue weighted by Crippen LogP contribution is -2.14. The largest absolute Gasteiger partial charge is 0.477 e. The highest BCUT2D eigenvalue weighted by atomic mass is 127. The van der Waals surface area contributed by atoms with Gasteiger partial charge in [-0.1, -0.05) is 0 Å². The van der Waals surface area contributed by atoms with E-state index in [1.54, 1.807) is 11.4 Å². The number of hydrogen-bond acceptors (Lipinski definition) is 4. The smallest absolute Gasteiger partial charge is 0.345 e. The lowest BCUT2D eigenvalue weighted by Gasteiger charge is -2.08. The van der Waals surface area contributed by atoms with Crippen LogP contribution in [0, 0.1) is 10.5 Å². The molecule has 0 saturated carbocycles. The molecule has 2 aromatic rings. The number of aromatic carboxylic acids is 1. The molecule has 110 valence electrons. The van der Waals surface area contributed by atoms with Crippen LogP contribution in [0.4, 0.5) is 5.69 Å². The molecule has 2 N–H and O–H groups in total. The van der Waals surface area contributed by atoms with Crippen molar-refractivity contribution in [1.29, 1.82) is 0 Å². The van der Waals surface area contributed by atoms with Gasteiger partial charge in [-0.25, -0.2) is 4.79 Å². The quantitative estimate of drug-likeness (QED) is 0.551. The predicted molar refractivity (Wildman–Crippen MR) is 94.5 cm³/mol. The average molecular weight is 433 g/mol. The monoisotopic (exact) mass is 433 g/mol. The summed E-state index contributed by atoms with van der Waals surface area (Å²) >= 11 is 4.72. The predicted octanol–water partition coefficient (Wildman–Crippen LogP) is 4.09. The highest BCUT2D eigenvalue weighted by molar-refractivity contribution is 14.1. The number of amides is 1. The summed E-state index contributed by atoms with van der Waals surface area (Å²) in [7, 11) is 0. The van der Waals surface area contributed by atoms with E-state index in [2.05, 4.69) is 27.9 Å². The van der Waals surface area contributed by atoms with Gasteiger partial charge in [0.15, 0.2) is 0 Å². The molecule has 1 amide bonds. The fraction of sp³-hybridized carbons (Fsp3) is 0.143. The van der Waals surface area contributed by atoms with Crippen molar-refractivity contribution in [3.63, 3.8) is 0 Å². The number of carbonyl (C=O) groups is 2. The van der Waals surface area contributed by atoms with Crippen LogP contribution in [-0.2, 0) is 4.79 Å². The van der Waals surface area contributed by atoms with Crippen LogP contribution in [0.25, 0.3) is 0 Å². The summed E-state index contributed by atoms with van der Waals surface area (Å²) in [6.45, 7) is 1.95. The Bertz CT molecular complexity index is 685.